The number of benzene rings is 5. The lowest BCUT2D eigenvalue weighted by molar-refractivity contribution is -0.149. The average Bonchev–Trinajstić information content (AvgIpc) is 3.58. The van der Waals surface area contributed by atoms with Crippen molar-refractivity contribution < 1.29 is 29.4 Å². The van der Waals surface area contributed by atoms with Crippen molar-refractivity contribution in [1.29, 1.82) is 0 Å². The molecule has 286 valence electrons. The SMILES string of the molecule is CNC(=O)C(O)(c1ccccc1)c1ccccc1[N+](C(=O)[C@@H]1CCCC[C@@H]1N(C)C(=O)c1cn(C)c2ccccc12)(c1ccc2ccccc2c1)[C@H](C)C(=O)O. The molecule has 5 atom stereocenters. The quantitative estimate of drug-likeness (QED) is 0.126. The van der Waals surface area contributed by atoms with E-state index in [1.165, 1.54) is 14.0 Å². The van der Waals surface area contributed by atoms with Crippen LogP contribution in [0.3, 0.4) is 0 Å². The van der Waals surface area contributed by atoms with Crippen LogP contribution in [0.25, 0.3) is 21.7 Å². The van der Waals surface area contributed by atoms with Gasteiger partial charge in [-0.05, 0) is 47.4 Å². The van der Waals surface area contributed by atoms with Crippen LogP contribution in [0, 0.1) is 5.92 Å². The van der Waals surface area contributed by atoms with Crippen molar-refractivity contribution in [1.82, 2.24) is 19.3 Å². The minimum atomic E-state index is -2.33. The Kier molecular flexibility index (Phi) is 10.4. The topological polar surface area (TPSA) is 129 Å². The number of likely N-dealkylation sites (N-methyl/N-ethyl adjacent to an activating group) is 1. The maximum atomic E-state index is 16.2. The summed E-state index contributed by atoms with van der Waals surface area (Å²) < 4.78 is 1.05. The Morgan fingerprint density at radius 2 is 1.48 bits per heavy atom. The molecule has 1 aromatic heterocycles. The molecular weight excluding hydrogens is 705 g/mol. The third-order valence-electron chi connectivity index (χ3n) is 11.8. The summed E-state index contributed by atoms with van der Waals surface area (Å²) in [5.41, 5.74) is -0.108. The van der Waals surface area contributed by atoms with Gasteiger partial charge in [-0.2, -0.15) is 4.48 Å². The molecule has 0 spiro atoms. The second-order valence-electron chi connectivity index (χ2n) is 14.8. The Labute approximate surface area is 326 Å². The number of hydrogen-bond acceptors (Lipinski definition) is 5. The molecule has 0 bridgehead atoms. The van der Waals surface area contributed by atoms with Gasteiger partial charge >= 0.3 is 11.9 Å². The van der Waals surface area contributed by atoms with Gasteiger partial charge in [-0.25, -0.2) is 9.59 Å². The van der Waals surface area contributed by atoms with Gasteiger partial charge < -0.3 is 25.0 Å². The second kappa shape index (κ2) is 15.2. The van der Waals surface area contributed by atoms with Crippen molar-refractivity contribution in [3.63, 3.8) is 0 Å². The monoisotopic (exact) mass is 751 g/mol. The predicted molar refractivity (Wildman–Crippen MR) is 218 cm³/mol. The van der Waals surface area contributed by atoms with Crippen molar-refractivity contribution >= 4 is 56.7 Å². The van der Waals surface area contributed by atoms with E-state index in [1.807, 2.05) is 78.5 Å². The van der Waals surface area contributed by atoms with Gasteiger partial charge in [-0.15, -0.1) is 0 Å². The van der Waals surface area contributed by atoms with Crippen molar-refractivity contribution in [2.24, 2.45) is 13.0 Å². The van der Waals surface area contributed by atoms with E-state index >= 15 is 4.79 Å². The van der Waals surface area contributed by atoms with Crippen LogP contribution in [0.4, 0.5) is 11.4 Å². The largest absolute Gasteiger partial charge is 0.477 e. The van der Waals surface area contributed by atoms with Gasteiger partial charge in [-0.1, -0.05) is 97.8 Å². The van der Waals surface area contributed by atoms with Crippen molar-refractivity contribution in [2.75, 3.05) is 14.1 Å². The summed E-state index contributed by atoms with van der Waals surface area (Å²) in [5.74, 6) is -3.51. The molecule has 0 radical (unpaired) electrons. The number of hydrogen-bond donors (Lipinski definition) is 3. The van der Waals surface area contributed by atoms with Gasteiger partial charge in [-0.3, -0.25) is 9.59 Å². The highest BCUT2D eigenvalue weighted by Gasteiger charge is 2.58. The third kappa shape index (κ3) is 6.15. The Morgan fingerprint density at radius 1 is 0.839 bits per heavy atom. The summed E-state index contributed by atoms with van der Waals surface area (Å²) in [4.78, 5) is 60.0. The first-order chi connectivity index (χ1) is 27.0. The highest BCUT2D eigenvalue weighted by molar-refractivity contribution is 6.08. The first-order valence-corrected chi connectivity index (χ1v) is 19.0. The number of aromatic nitrogens is 1. The number of fused-ring (bicyclic) bond motifs is 2. The minimum absolute atomic E-state index is 0.0627. The maximum absolute atomic E-state index is 16.2. The predicted octanol–water partition coefficient (Wildman–Crippen LogP) is 7.28. The second-order valence-corrected chi connectivity index (χ2v) is 14.8. The smallest absolute Gasteiger partial charge is 0.363 e. The fraction of sp³-hybridized carbons (Fsp3) is 0.261. The Hall–Kier alpha value is -6.10. The summed E-state index contributed by atoms with van der Waals surface area (Å²) >= 11 is 0. The van der Waals surface area contributed by atoms with Crippen LogP contribution in [0.2, 0.25) is 0 Å². The van der Waals surface area contributed by atoms with Gasteiger partial charge in [0.25, 0.3) is 11.8 Å². The molecule has 1 aliphatic rings. The third-order valence-corrected chi connectivity index (χ3v) is 11.8. The van der Waals surface area contributed by atoms with Gasteiger partial charge in [0.05, 0.1) is 17.0 Å². The zero-order valence-electron chi connectivity index (χ0n) is 32.1. The van der Waals surface area contributed by atoms with Crippen LogP contribution in [0.1, 0.15) is 54.1 Å². The number of carbonyl (C=O) groups excluding carboxylic acids is 3. The van der Waals surface area contributed by atoms with Gasteiger partial charge in [0, 0.05) is 69.4 Å². The van der Waals surface area contributed by atoms with Gasteiger partial charge in [0.15, 0.2) is 11.3 Å². The Morgan fingerprint density at radius 3 is 2.21 bits per heavy atom. The number of carbonyl (C=O) groups is 4. The first-order valence-electron chi connectivity index (χ1n) is 19.0. The highest BCUT2D eigenvalue weighted by Crippen LogP contribution is 2.49. The van der Waals surface area contributed by atoms with E-state index in [0.29, 0.717) is 30.5 Å². The molecular formula is C46H47N4O6+. The summed E-state index contributed by atoms with van der Waals surface area (Å²) in [5, 5.41) is 29.0. The van der Waals surface area contributed by atoms with Gasteiger partial charge in [0.2, 0.25) is 6.04 Å². The Balaban J connectivity index is 1.49. The molecule has 5 aromatic carbocycles. The molecule has 10 nitrogen and oxygen atoms in total. The summed E-state index contributed by atoms with van der Waals surface area (Å²) in [6.45, 7) is 1.50. The van der Waals surface area contributed by atoms with Crippen LogP contribution in [0.5, 0.6) is 0 Å². The number of aliphatic hydroxyl groups is 1. The van der Waals surface area contributed by atoms with Crippen molar-refractivity contribution in [3.05, 3.63) is 144 Å². The van der Waals surface area contributed by atoms with Crippen LogP contribution in [-0.4, -0.2) is 69.5 Å². The number of amides is 3. The number of quaternary nitrogens is 1. The molecule has 0 aliphatic heterocycles. The average molecular weight is 752 g/mol. The normalized spacial score (nSPS) is 18.4. The van der Waals surface area contributed by atoms with E-state index in [0.717, 1.165) is 28.1 Å². The van der Waals surface area contributed by atoms with E-state index in [-0.39, 0.29) is 22.7 Å². The van der Waals surface area contributed by atoms with Crippen molar-refractivity contribution in [3.8, 4) is 0 Å². The fourth-order valence-electron chi connectivity index (χ4n) is 8.90. The van der Waals surface area contributed by atoms with E-state index in [2.05, 4.69) is 5.32 Å². The number of para-hydroxylation sites is 2. The van der Waals surface area contributed by atoms with E-state index in [4.69, 9.17) is 0 Å². The lowest BCUT2D eigenvalue weighted by atomic mass is 9.79. The molecule has 10 heteroatoms. The highest BCUT2D eigenvalue weighted by atomic mass is 16.4. The number of carboxylic acids is 1. The summed E-state index contributed by atoms with van der Waals surface area (Å²) in [6, 6.07) is 33.7. The lowest BCUT2D eigenvalue weighted by Crippen LogP contribution is -2.64. The summed E-state index contributed by atoms with van der Waals surface area (Å²) in [7, 11) is 5.03. The molecule has 3 amide bonds. The number of nitrogens with zero attached hydrogens (tertiary/aromatic N) is 3. The molecule has 0 saturated heterocycles. The fourth-order valence-corrected chi connectivity index (χ4v) is 8.90. The number of aryl methyl sites for hydroxylation is 1. The molecule has 2 unspecified atom stereocenters. The number of nitrogens with one attached hydrogen (secondary N) is 1. The van der Waals surface area contributed by atoms with E-state index < -0.39 is 45.9 Å². The van der Waals surface area contributed by atoms with Crippen LogP contribution >= 0.6 is 0 Å². The molecule has 3 N–H and O–H groups in total. The summed E-state index contributed by atoms with van der Waals surface area (Å²) in [6.07, 6.45) is 4.20. The van der Waals surface area contributed by atoms with Gasteiger partial charge in [0.1, 0.15) is 5.69 Å². The van der Waals surface area contributed by atoms with E-state index in [9.17, 15) is 24.6 Å². The van der Waals surface area contributed by atoms with E-state index in [1.54, 1.807) is 72.6 Å². The van der Waals surface area contributed by atoms with Crippen molar-refractivity contribution in [2.45, 2.75) is 50.3 Å². The Bertz CT molecular complexity index is 2460. The van der Waals surface area contributed by atoms with Crippen LogP contribution in [0.15, 0.2) is 128 Å². The molecule has 6 aromatic rings. The number of rotatable bonds is 10. The lowest BCUT2D eigenvalue weighted by Gasteiger charge is -2.45. The molecule has 1 saturated carbocycles. The molecule has 1 aliphatic carbocycles. The first kappa shape index (κ1) is 38.2. The van der Waals surface area contributed by atoms with Crippen LogP contribution < -0.4 is 9.80 Å². The molecule has 56 heavy (non-hydrogen) atoms. The zero-order valence-corrected chi connectivity index (χ0v) is 32.1. The van der Waals surface area contributed by atoms with Crippen LogP contribution in [-0.2, 0) is 27.0 Å². The zero-order chi connectivity index (χ0) is 39.8. The molecule has 1 heterocycles. The molecule has 7 rings (SSSR count). The standard InChI is InChI=1S/C46H46N4O6/c1-30(44(53)54)50(34-27-26-31-16-8-9-17-32(31)28-34,41-25-15-12-22-38(41)46(56,45(55)47-2)33-18-6-5-7-19-33)43(52)36-21-11-14-24-40(36)49(4)42(51)37-29-48(3)39-23-13-10-20-35(37)39/h5-10,12-13,15-20,22-23,25-30,36,40,56H,11,14,21,24H2,1-4H3,(H-,47,53,54,55)/p+1/t30-,36-,40+,46?,50?/m1/s1. The number of aliphatic carboxylic acids is 1. The minimum Gasteiger partial charge on any atom is -0.477 e. The maximum Gasteiger partial charge on any atom is 0.363 e. The number of carboxylic acid groups (broad SMARTS) is 1. The molecule has 1 fully saturated rings.